The first-order valence-electron chi connectivity index (χ1n) is 7.29. The maximum atomic E-state index is 5.87. The molecular formula is C14H24BrN3O. The molecule has 1 aliphatic heterocycles. The Bertz CT molecular complexity index is 407. The van der Waals surface area contributed by atoms with Gasteiger partial charge in [-0.1, -0.05) is 13.8 Å². The summed E-state index contributed by atoms with van der Waals surface area (Å²) in [6.45, 7) is 9.23. The second-order valence-corrected chi connectivity index (χ2v) is 5.85. The predicted octanol–water partition coefficient (Wildman–Crippen LogP) is 3.13. The molecule has 108 valence electrons. The van der Waals surface area contributed by atoms with Crippen LogP contribution in [0.4, 0.5) is 0 Å². The zero-order chi connectivity index (χ0) is 13.8. The number of hydrogen-bond donors (Lipinski definition) is 1. The smallest absolute Gasteiger partial charge is 0.0699 e. The van der Waals surface area contributed by atoms with E-state index >= 15 is 0 Å². The van der Waals surface area contributed by atoms with Gasteiger partial charge < -0.3 is 10.1 Å². The van der Waals surface area contributed by atoms with Crippen LogP contribution in [-0.4, -0.2) is 29.0 Å². The number of ether oxygens (including phenoxy) is 1. The molecule has 1 aromatic rings. The van der Waals surface area contributed by atoms with Crippen LogP contribution in [0.25, 0.3) is 0 Å². The molecule has 0 aliphatic carbocycles. The van der Waals surface area contributed by atoms with E-state index in [1.54, 1.807) is 0 Å². The van der Waals surface area contributed by atoms with Gasteiger partial charge in [0.2, 0.25) is 0 Å². The van der Waals surface area contributed by atoms with E-state index in [2.05, 4.69) is 51.8 Å². The fourth-order valence-electron chi connectivity index (χ4n) is 3.07. The second kappa shape index (κ2) is 6.86. The van der Waals surface area contributed by atoms with Crippen molar-refractivity contribution in [2.24, 2.45) is 5.92 Å². The van der Waals surface area contributed by atoms with E-state index in [9.17, 15) is 0 Å². The summed E-state index contributed by atoms with van der Waals surface area (Å²) < 4.78 is 9.05. The lowest BCUT2D eigenvalue weighted by molar-refractivity contribution is 0.0765. The van der Waals surface area contributed by atoms with E-state index in [1.807, 2.05) is 6.20 Å². The number of aromatic nitrogens is 2. The first-order valence-corrected chi connectivity index (χ1v) is 8.08. The largest absolute Gasteiger partial charge is 0.378 e. The highest BCUT2D eigenvalue weighted by molar-refractivity contribution is 9.10. The van der Waals surface area contributed by atoms with Crippen molar-refractivity contribution in [3.63, 3.8) is 0 Å². The molecule has 0 aromatic carbocycles. The Balaban J connectivity index is 2.31. The summed E-state index contributed by atoms with van der Waals surface area (Å²) in [6.07, 6.45) is 4.46. The molecule has 5 heteroatoms. The minimum Gasteiger partial charge on any atom is -0.378 e. The van der Waals surface area contributed by atoms with Gasteiger partial charge in [-0.25, -0.2) is 0 Å². The highest BCUT2D eigenvalue weighted by atomic mass is 79.9. The van der Waals surface area contributed by atoms with Crippen LogP contribution < -0.4 is 5.32 Å². The maximum Gasteiger partial charge on any atom is 0.0699 e. The standard InChI is InChI=1S/C14H24BrN3O/c1-4-12-10(7-8-19-12)13(16-5-2)14-11(15)9-17-18(14)6-3/h9-10,12-13,16H,4-8H2,1-3H3. The van der Waals surface area contributed by atoms with Crippen LogP contribution in [0.2, 0.25) is 0 Å². The molecular weight excluding hydrogens is 306 g/mol. The molecule has 1 aliphatic rings. The van der Waals surface area contributed by atoms with E-state index in [-0.39, 0.29) is 0 Å². The lowest BCUT2D eigenvalue weighted by Crippen LogP contribution is -2.34. The highest BCUT2D eigenvalue weighted by Gasteiger charge is 2.36. The van der Waals surface area contributed by atoms with E-state index in [0.717, 1.165) is 37.0 Å². The minimum absolute atomic E-state index is 0.314. The summed E-state index contributed by atoms with van der Waals surface area (Å²) in [5.41, 5.74) is 1.26. The number of halogens is 1. The number of nitrogens with zero attached hydrogens (tertiary/aromatic N) is 2. The van der Waals surface area contributed by atoms with Crippen molar-refractivity contribution >= 4 is 15.9 Å². The van der Waals surface area contributed by atoms with E-state index < -0.39 is 0 Å². The van der Waals surface area contributed by atoms with Gasteiger partial charge in [0, 0.05) is 19.1 Å². The van der Waals surface area contributed by atoms with Crippen LogP contribution in [-0.2, 0) is 11.3 Å². The van der Waals surface area contributed by atoms with Gasteiger partial charge in [-0.05, 0) is 42.2 Å². The maximum absolute atomic E-state index is 5.87. The SMILES string of the molecule is CCNC(c1c(Br)cnn1CC)C1CCOC1CC. The third kappa shape index (κ3) is 3.03. The molecule has 2 rings (SSSR count). The quantitative estimate of drug-likeness (QED) is 0.871. The van der Waals surface area contributed by atoms with Gasteiger partial charge in [-0.15, -0.1) is 0 Å². The van der Waals surface area contributed by atoms with Crippen molar-refractivity contribution in [2.45, 2.75) is 52.3 Å². The van der Waals surface area contributed by atoms with Crippen molar-refractivity contribution in [2.75, 3.05) is 13.2 Å². The zero-order valence-electron chi connectivity index (χ0n) is 12.0. The number of nitrogens with one attached hydrogen (secondary N) is 1. The number of rotatable bonds is 6. The van der Waals surface area contributed by atoms with Gasteiger partial charge in [0.15, 0.2) is 0 Å². The van der Waals surface area contributed by atoms with Crippen molar-refractivity contribution < 1.29 is 4.74 Å². The summed E-state index contributed by atoms with van der Waals surface area (Å²) in [5.74, 6) is 0.531. The molecule has 0 saturated carbocycles. The Hall–Kier alpha value is -0.390. The summed E-state index contributed by atoms with van der Waals surface area (Å²) in [4.78, 5) is 0. The molecule has 1 aromatic heterocycles. The zero-order valence-corrected chi connectivity index (χ0v) is 13.6. The summed E-state index contributed by atoms with van der Waals surface area (Å²) in [6, 6.07) is 0.314. The summed E-state index contributed by atoms with van der Waals surface area (Å²) in [5, 5.41) is 8.08. The van der Waals surface area contributed by atoms with Crippen LogP contribution >= 0.6 is 15.9 Å². The van der Waals surface area contributed by atoms with Crippen molar-refractivity contribution in [3.05, 3.63) is 16.4 Å². The van der Waals surface area contributed by atoms with Crippen LogP contribution in [0.3, 0.4) is 0 Å². The Morgan fingerprint density at radius 1 is 1.53 bits per heavy atom. The molecule has 4 nitrogen and oxygen atoms in total. The summed E-state index contributed by atoms with van der Waals surface area (Å²) >= 11 is 3.65. The van der Waals surface area contributed by atoms with Gasteiger partial charge in [-0.2, -0.15) is 5.10 Å². The molecule has 0 radical (unpaired) electrons. The Morgan fingerprint density at radius 2 is 2.32 bits per heavy atom. The molecule has 3 unspecified atom stereocenters. The van der Waals surface area contributed by atoms with Crippen LogP contribution in [0.15, 0.2) is 10.7 Å². The molecule has 3 atom stereocenters. The first kappa shape index (κ1) is 15.0. The molecule has 19 heavy (non-hydrogen) atoms. The second-order valence-electron chi connectivity index (χ2n) is 5.00. The monoisotopic (exact) mass is 329 g/mol. The fourth-order valence-corrected chi connectivity index (χ4v) is 3.61. The van der Waals surface area contributed by atoms with Crippen LogP contribution in [0, 0.1) is 5.92 Å². The lowest BCUT2D eigenvalue weighted by Gasteiger charge is -2.28. The molecule has 1 fully saturated rings. The van der Waals surface area contributed by atoms with Gasteiger partial charge in [-0.3, -0.25) is 4.68 Å². The van der Waals surface area contributed by atoms with Gasteiger partial charge >= 0.3 is 0 Å². The minimum atomic E-state index is 0.314. The molecule has 0 spiro atoms. The Labute approximate surface area is 124 Å². The van der Waals surface area contributed by atoms with E-state index in [1.165, 1.54) is 5.69 Å². The average Bonchev–Trinajstić information content (AvgIpc) is 3.02. The lowest BCUT2D eigenvalue weighted by atomic mass is 9.89. The normalized spacial score (nSPS) is 24.8. The summed E-state index contributed by atoms with van der Waals surface area (Å²) in [7, 11) is 0. The first-order chi connectivity index (χ1) is 9.22. The van der Waals surface area contributed by atoms with Crippen molar-refractivity contribution in [3.8, 4) is 0 Å². The third-order valence-corrected chi connectivity index (χ3v) is 4.55. The van der Waals surface area contributed by atoms with E-state index in [0.29, 0.717) is 18.1 Å². The van der Waals surface area contributed by atoms with Crippen LogP contribution in [0.1, 0.15) is 45.3 Å². The topological polar surface area (TPSA) is 39.1 Å². The van der Waals surface area contributed by atoms with Crippen molar-refractivity contribution in [1.82, 2.24) is 15.1 Å². The molecule has 2 heterocycles. The Kier molecular flexibility index (Phi) is 5.42. The molecule has 1 N–H and O–H groups in total. The van der Waals surface area contributed by atoms with Gasteiger partial charge in [0.1, 0.15) is 0 Å². The third-order valence-electron chi connectivity index (χ3n) is 3.94. The van der Waals surface area contributed by atoms with Gasteiger partial charge in [0.25, 0.3) is 0 Å². The van der Waals surface area contributed by atoms with Gasteiger partial charge in [0.05, 0.1) is 28.5 Å². The average molecular weight is 330 g/mol. The van der Waals surface area contributed by atoms with Crippen LogP contribution in [0.5, 0.6) is 0 Å². The number of hydrogen-bond acceptors (Lipinski definition) is 3. The molecule has 1 saturated heterocycles. The van der Waals surface area contributed by atoms with Crippen molar-refractivity contribution in [1.29, 1.82) is 0 Å². The fraction of sp³-hybridized carbons (Fsp3) is 0.786. The Morgan fingerprint density at radius 3 is 2.95 bits per heavy atom. The predicted molar refractivity (Wildman–Crippen MR) is 80.2 cm³/mol. The molecule has 0 bridgehead atoms. The highest BCUT2D eigenvalue weighted by Crippen LogP contribution is 2.37. The number of aryl methyl sites for hydroxylation is 1. The van der Waals surface area contributed by atoms with E-state index in [4.69, 9.17) is 4.74 Å². The molecule has 0 amide bonds.